The van der Waals surface area contributed by atoms with E-state index in [1.807, 2.05) is 0 Å². The highest BCUT2D eigenvalue weighted by Crippen LogP contribution is 2.48. The van der Waals surface area contributed by atoms with Gasteiger partial charge in [0.15, 0.2) is 0 Å². The molecule has 3 heteroatoms. The molecule has 0 unspecified atom stereocenters. The van der Waals surface area contributed by atoms with E-state index in [-0.39, 0.29) is 17.5 Å². The fourth-order valence-electron chi connectivity index (χ4n) is 13.3. The lowest BCUT2D eigenvalue weighted by Gasteiger charge is -2.44. The third-order valence-corrected chi connectivity index (χ3v) is 18.2. The zero-order chi connectivity index (χ0) is 50.5. The van der Waals surface area contributed by atoms with Crippen LogP contribution in [-0.2, 0) is 10.8 Å². The molecule has 13 aromatic carbocycles. The second-order valence-electron chi connectivity index (χ2n) is 22.9. The Bertz CT molecular complexity index is 4240. The number of benzene rings is 13. The van der Waals surface area contributed by atoms with Gasteiger partial charge in [0.2, 0.25) is 0 Å². The quantitative estimate of drug-likeness (QED) is 0.121. The first-order valence-electron chi connectivity index (χ1n) is 27.1. The molecule has 2 aliphatic heterocycles. The van der Waals surface area contributed by atoms with Gasteiger partial charge in [-0.25, -0.2) is 0 Å². The Hall–Kier alpha value is -8.40. The van der Waals surface area contributed by atoms with Crippen molar-refractivity contribution in [3.63, 3.8) is 0 Å². The summed E-state index contributed by atoms with van der Waals surface area (Å²) in [7, 11) is 0. The number of hydrogen-bond donors (Lipinski definition) is 0. The number of hydrogen-bond acceptors (Lipinski definition) is 2. The van der Waals surface area contributed by atoms with E-state index in [1.54, 1.807) is 0 Å². The summed E-state index contributed by atoms with van der Waals surface area (Å²) in [5.41, 5.74) is 14.1. The van der Waals surface area contributed by atoms with Gasteiger partial charge < -0.3 is 9.80 Å². The van der Waals surface area contributed by atoms with Gasteiger partial charge >= 0.3 is 0 Å². The topological polar surface area (TPSA) is 6.48 Å². The minimum absolute atomic E-state index is 0.0383. The maximum atomic E-state index is 2.60. The van der Waals surface area contributed by atoms with Gasteiger partial charge in [-0.15, -0.1) is 0 Å². The summed E-state index contributed by atoms with van der Waals surface area (Å²) >= 11 is 0. The van der Waals surface area contributed by atoms with Crippen LogP contribution in [0, 0.1) is 0 Å². The van der Waals surface area contributed by atoms with Gasteiger partial charge in [-0.05, 0) is 186 Å². The van der Waals surface area contributed by atoms with Gasteiger partial charge in [0.1, 0.15) is 0 Å². The minimum atomic E-state index is -0.0383. The molecule has 2 nitrogen and oxygen atoms in total. The lowest BCUT2D eigenvalue weighted by molar-refractivity contribution is 0.507. The molecule has 0 amide bonds. The Kier molecular flexibility index (Phi) is 9.44. The Morgan fingerprint density at radius 3 is 1.01 bits per heavy atom. The normalized spacial score (nSPS) is 13.5. The van der Waals surface area contributed by atoms with E-state index in [0.717, 1.165) is 24.2 Å². The standard InChI is InChI=1S/C72H57BN2/c1-7-71(3,4)48-30-28-44-40-68-64(38-46(44)36-48)73-65-39-47-37-49(72(5,6)8-2)31-29-45(47)41-69(65)75(51-33-35-61-57-23-12-10-19-53(57)55-21-14-16-25-59(55)63(61)43-51)67-27-17-26-66(70(67)73)74(68)50-32-34-60-56-22-11-9-18-52(56)54-20-13-15-24-58(54)62(60)42-50/h9-43H,7-8H2,1-6H3. The van der Waals surface area contributed by atoms with Crippen LogP contribution in [0.3, 0.4) is 0 Å². The minimum Gasteiger partial charge on any atom is -0.311 e. The molecule has 15 rings (SSSR count). The van der Waals surface area contributed by atoms with Gasteiger partial charge in [0, 0.05) is 34.1 Å². The van der Waals surface area contributed by atoms with E-state index < -0.39 is 0 Å². The first kappa shape index (κ1) is 44.1. The van der Waals surface area contributed by atoms with Crippen molar-refractivity contribution in [1.82, 2.24) is 0 Å². The number of rotatable bonds is 6. The molecule has 0 aromatic heterocycles. The highest BCUT2D eigenvalue weighted by atomic mass is 15.2. The van der Waals surface area contributed by atoms with Crippen LogP contribution in [-0.4, -0.2) is 6.71 Å². The molecule has 2 heterocycles. The molecule has 0 aliphatic carbocycles. The lowest BCUT2D eigenvalue weighted by atomic mass is 9.33. The van der Waals surface area contributed by atoms with Crippen LogP contribution < -0.4 is 26.2 Å². The molecule has 0 spiro atoms. The molecule has 0 atom stereocenters. The maximum Gasteiger partial charge on any atom is 0.252 e. The SMILES string of the molecule is CCC(C)(C)c1ccc2cc3c(cc2c1)B1c2cc4cc(C(C)(C)CC)ccc4cc2N(c2ccc4c5ccccc5c5ccccc5c4c2)c2cccc(c21)N3c1ccc2c3ccccc3c3ccccc3c2c1. The maximum absolute atomic E-state index is 2.60. The molecule has 0 fully saturated rings. The van der Waals surface area contributed by atoms with Crippen molar-refractivity contribution in [1.29, 1.82) is 0 Å². The van der Waals surface area contributed by atoms with Crippen molar-refractivity contribution in [3.05, 3.63) is 223 Å². The highest BCUT2D eigenvalue weighted by Gasteiger charge is 2.44. The molecule has 0 N–H and O–H groups in total. The van der Waals surface area contributed by atoms with E-state index in [1.165, 1.54) is 136 Å². The average Bonchev–Trinajstić information content (AvgIpc) is 3.49. The van der Waals surface area contributed by atoms with Crippen molar-refractivity contribution in [3.8, 4) is 0 Å². The summed E-state index contributed by atoms with van der Waals surface area (Å²) in [6, 6.07) is 81.9. The Balaban J connectivity index is 1.05. The predicted molar refractivity (Wildman–Crippen MR) is 327 cm³/mol. The molecule has 13 aromatic rings. The molecule has 358 valence electrons. The summed E-state index contributed by atoms with van der Waals surface area (Å²) in [6.45, 7) is 14.1. The second kappa shape index (κ2) is 16.1. The van der Waals surface area contributed by atoms with Crippen molar-refractivity contribution >= 4 is 143 Å². The van der Waals surface area contributed by atoms with Gasteiger partial charge in [-0.3, -0.25) is 0 Å². The number of anilines is 6. The van der Waals surface area contributed by atoms with E-state index in [4.69, 9.17) is 0 Å². The largest absolute Gasteiger partial charge is 0.311 e. The fraction of sp³-hybridized carbons (Fsp3) is 0.139. The zero-order valence-corrected chi connectivity index (χ0v) is 43.6. The Morgan fingerprint density at radius 1 is 0.307 bits per heavy atom. The van der Waals surface area contributed by atoms with Crippen molar-refractivity contribution in [2.24, 2.45) is 0 Å². The molecule has 0 saturated carbocycles. The van der Waals surface area contributed by atoms with Gasteiger partial charge in [0.25, 0.3) is 6.71 Å². The van der Waals surface area contributed by atoms with Crippen LogP contribution in [0.5, 0.6) is 0 Å². The van der Waals surface area contributed by atoms with Crippen molar-refractivity contribution in [2.75, 3.05) is 9.80 Å². The van der Waals surface area contributed by atoms with Gasteiger partial charge in [-0.2, -0.15) is 0 Å². The lowest BCUT2D eigenvalue weighted by Crippen LogP contribution is -2.61. The molecule has 2 aliphatic rings. The van der Waals surface area contributed by atoms with E-state index in [2.05, 4.69) is 264 Å². The van der Waals surface area contributed by atoms with E-state index in [9.17, 15) is 0 Å². The van der Waals surface area contributed by atoms with Crippen LogP contribution in [0.25, 0.3) is 86.2 Å². The number of fused-ring (bicyclic) bond motifs is 18. The van der Waals surface area contributed by atoms with Gasteiger partial charge in [0.05, 0.1) is 0 Å². The first-order valence-corrected chi connectivity index (χ1v) is 27.1. The Labute approximate surface area is 439 Å². The first-order chi connectivity index (χ1) is 36.6. The highest BCUT2D eigenvalue weighted by molar-refractivity contribution is 7.00. The molecule has 0 radical (unpaired) electrons. The average molecular weight is 961 g/mol. The molecular weight excluding hydrogens is 904 g/mol. The molecular formula is C72H57BN2. The van der Waals surface area contributed by atoms with Gasteiger partial charge in [-0.1, -0.05) is 205 Å². The molecule has 0 bridgehead atoms. The van der Waals surface area contributed by atoms with Crippen LogP contribution in [0.4, 0.5) is 34.1 Å². The van der Waals surface area contributed by atoms with Crippen LogP contribution in [0.2, 0.25) is 0 Å². The van der Waals surface area contributed by atoms with Crippen molar-refractivity contribution in [2.45, 2.75) is 65.2 Å². The van der Waals surface area contributed by atoms with E-state index in [0.29, 0.717) is 0 Å². The zero-order valence-electron chi connectivity index (χ0n) is 43.6. The molecule has 0 saturated heterocycles. The summed E-state index contributed by atoms with van der Waals surface area (Å²) in [5, 5.41) is 20.4. The van der Waals surface area contributed by atoms with Crippen molar-refractivity contribution < 1.29 is 0 Å². The third kappa shape index (κ3) is 6.40. The summed E-state index contributed by atoms with van der Waals surface area (Å²) in [4.78, 5) is 5.20. The summed E-state index contributed by atoms with van der Waals surface area (Å²) < 4.78 is 0. The molecule has 75 heavy (non-hydrogen) atoms. The summed E-state index contributed by atoms with van der Waals surface area (Å²) in [6.07, 6.45) is 2.13. The summed E-state index contributed by atoms with van der Waals surface area (Å²) in [5.74, 6) is 0. The Morgan fingerprint density at radius 2 is 0.653 bits per heavy atom. The van der Waals surface area contributed by atoms with Crippen LogP contribution in [0.15, 0.2) is 212 Å². The third-order valence-electron chi connectivity index (χ3n) is 18.2. The number of nitrogens with zero attached hydrogens (tertiary/aromatic N) is 2. The van der Waals surface area contributed by atoms with Crippen LogP contribution in [0.1, 0.15) is 65.5 Å². The monoisotopic (exact) mass is 960 g/mol. The fourth-order valence-corrected chi connectivity index (χ4v) is 13.3. The predicted octanol–water partition coefficient (Wildman–Crippen LogP) is 18.4. The second-order valence-corrected chi connectivity index (χ2v) is 22.9. The van der Waals surface area contributed by atoms with E-state index >= 15 is 0 Å². The van der Waals surface area contributed by atoms with Crippen LogP contribution >= 0.6 is 0 Å². The smallest absolute Gasteiger partial charge is 0.252 e.